The van der Waals surface area contributed by atoms with Gasteiger partial charge in [-0.1, -0.05) is 30.3 Å². The zero-order chi connectivity index (χ0) is 18.5. The number of nitrogens with zero attached hydrogens (tertiary/aromatic N) is 2. The molecule has 0 bridgehead atoms. The SMILES string of the molecule is C[C@@H](c1ccccc1)N(C)C(=O)C[NH+]1CCN(c2ccc(F)cc2)CC1. The lowest BCUT2D eigenvalue weighted by atomic mass is 10.1. The average Bonchev–Trinajstić information content (AvgIpc) is 2.69. The van der Waals surface area contributed by atoms with Crippen molar-refractivity contribution in [2.24, 2.45) is 0 Å². The van der Waals surface area contributed by atoms with Gasteiger partial charge < -0.3 is 14.7 Å². The van der Waals surface area contributed by atoms with Gasteiger partial charge >= 0.3 is 0 Å². The molecule has 1 amide bonds. The highest BCUT2D eigenvalue weighted by Crippen LogP contribution is 2.18. The Bertz CT molecular complexity index is 712. The Labute approximate surface area is 154 Å². The van der Waals surface area contributed by atoms with E-state index in [0.717, 1.165) is 37.4 Å². The van der Waals surface area contributed by atoms with E-state index in [-0.39, 0.29) is 17.8 Å². The van der Waals surface area contributed by atoms with E-state index >= 15 is 0 Å². The number of rotatable bonds is 5. The molecule has 0 spiro atoms. The number of carbonyl (C=O) groups excluding carboxylic acids is 1. The van der Waals surface area contributed by atoms with Crippen LogP contribution in [0.2, 0.25) is 0 Å². The van der Waals surface area contributed by atoms with Gasteiger partial charge in [-0.15, -0.1) is 0 Å². The molecule has 1 N–H and O–H groups in total. The van der Waals surface area contributed by atoms with E-state index in [1.165, 1.54) is 17.0 Å². The maximum Gasteiger partial charge on any atom is 0.278 e. The Morgan fingerprint density at radius 3 is 2.35 bits per heavy atom. The Morgan fingerprint density at radius 1 is 1.12 bits per heavy atom. The van der Waals surface area contributed by atoms with Crippen LogP contribution in [0.25, 0.3) is 0 Å². The normalized spacial score (nSPS) is 16.3. The maximum absolute atomic E-state index is 13.1. The number of hydrogen-bond donors (Lipinski definition) is 1. The summed E-state index contributed by atoms with van der Waals surface area (Å²) in [5, 5.41) is 0. The van der Waals surface area contributed by atoms with E-state index in [0.29, 0.717) is 6.54 Å². The van der Waals surface area contributed by atoms with Crippen molar-refractivity contribution in [2.45, 2.75) is 13.0 Å². The summed E-state index contributed by atoms with van der Waals surface area (Å²) in [4.78, 5) is 18.1. The Balaban J connectivity index is 1.50. The quantitative estimate of drug-likeness (QED) is 0.884. The highest BCUT2D eigenvalue weighted by molar-refractivity contribution is 5.77. The van der Waals surface area contributed by atoms with Gasteiger partial charge in [0.25, 0.3) is 5.91 Å². The van der Waals surface area contributed by atoms with Crippen LogP contribution in [-0.4, -0.2) is 50.6 Å². The average molecular weight is 356 g/mol. The second kappa shape index (κ2) is 8.32. The van der Waals surface area contributed by atoms with Gasteiger partial charge in [0.1, 0.15) is 5.82 Å². The molecule has 1 heterocycles. The first kappa shape index (κ1) is 18.4. The summed E-state index contributed by atoms with van der Waals surface area (Å²) in [5.74, 6) is -0.0363. The molecule has 0 unspecified atom stereocenters. The van der Waals surface area contributed by atoms with Gasteiger partial charge in [-0.05, 0) is 36.8 Å². The van der Waals surface area contributed by atoms with E-state index < -0.39 is 0 Å². The second-order valence-corrected chi connectivity index (χ2v) is 6.98. The second-order valence-electron chi connectivity index (χ2n) is 6.98. The number of hydrogen-bond acceptors (Lipinski definition) is 2. The van der Waals surface area contributed by atoms with Gasteiger partial charge in [0.05, 0.1) is 32.2 Å². The Morgan fingerprint density at radius 2 is 1.73 bits per heavy atom. The van der Waals surface area contributed by atoms with Crippen LogP contribution in [0.3, 0.4) is 0 Å². The molecule has 1 aliphatic heterocycles. The fourth-order valence-electron chi connectivity index (χ4n) is 3.42. The molecule has 0 aromatic heterocycles. The summed E-state index contributed by atoms with van der Waals surface area (Å²) >= 11 is 0. The fraction of sp³-hybridized carbons (Fsp3) is 0.381. The topological polar surface area (TPSA) is 28.0 Å². The standard InChI is InChI=1S/C21H26FN3O/c1-17(18-6-4-3-5-7-18)23(2)21(26)16-24-12-14-25(15-13-24)20-10-8-19(22)9-11-20/h3-11,17H,12-16H2,1-2H3/p+1/t17-/m0/s1. The molecule has 1 saturated heterocycles. The third kappa shape index (κ3) is 4.41. The number of benzene rings is 2. The molecule has 3 rings (SSSR count). The summed E-state index contributed by atoms with van der Waals surface area (Å²) in [5.41, 5.74) is 2.20. The smallest absolute Gasteiger partial charge is 0.278 e. The van der Waals surface area contributed by atoms with Crippen LogP contribution in [0.15, 0.2) is 54.6 Å². The predicted molar refractivity (Wildman–Crippen MR) is 102 cm³/mol. The molecule has 26 heavy (non-hydrogen) atoms. The summed E-state index contributed by atoms with van der Waals surface area (Å²) in [6, 6.07) is 16.8. The van der Waals surface area contributed by atoms with Crippen LogP contribution in [0.1, 0.15) is 18.5 Å². The van der Waals surface area contributed by atoms with Gasteiger partial charge in [0.2, 0.25) is 0 Å². The van der Waals surface area contributed by atoms with Gasteiger partial charge in [0.15, 0.2) is 6.54 Å². The highest BCUT2D eigenvalue weighted by atomic mass is 19.1. The first-order valence-electron chi connectivity index (χ1n) is 9.19. The maximum atomic E-state index is 13.1. The number of nitrogens with one attached hydrogen (secondary N) is 1. The molecule has 0 radical (unpaired) electrons. The van der Waals surface area contributed by atoms with Crippen molar-refractivity contribution in [1.29, 1.82) is 0 Å². The van der Waals surface area contributed by atoms with Crippen LogP contribution >= 0.6 is 0 Å². The molecule has 2 aromatic rings. The number of halogens is 1. The molecule has 138 valence electrons. The third-order valence-corrected chi connectivity index (χ3v) is 5.32. The molecular weight excluding hydrogens is 329 g/mol. The first-order valence-corrected chi connectivity index (χ1v) is 9.19. The zero-order valence-corrected chi connectivity index (χ0v) is 15.5. The summed E-state index contributed by atoms with van der Waals surface area (Å²) in [6.45, 7) is 6.17. The minimum Gasteiger partial charge on any atom is -0.360 e. The van der Waals surface area contributed by atoms with Gasteiger partial charge in [-0.3, -0.25) is 4.79 Å². The largest absolute Gasteiger partial charge is 0.360 e. The molecule has 0 saturated carbocycles. The van der Waals surface area contributed by atoms with Crippen molar-refractivity contribution in [3.63, 3.8) is 0 Å². The lowest BCUT2D eigenvalue weighted by Gasteiger charge is -2.34. The third-order valence-electron chi connectivity index (χ3n) is 5.32. The van der Waals surface area contributed by atoms with Gasteiger partial charge in [-0.2, -0.15) is 0 Å². The van der Waals surface area contributed by atoms with Crippen LogP contribution < -0.4 is 9.80 Å². The predicted octanol–water partition coefficient (Wildman–Crippen LogP) is 1.75. The molecule has 1 fully saturated rings. The Kier molecular flexibility index (Phi) is 5.89. The summed E-state index contributed by atoms with van der Waals surface area (Å²) < 4.78 is 13.1. The van der Waals surface area contributed by atoms with Crippen LogP contribution in [0.4, 0.5) is 10.1 Å². The summed E-state index contributed by atoms with van der Waals surface area (Å²) in [6.07, 6.45) is 0. The number of quaternary nitrogens is 1. The minimum absolute atomic E-state index is 0.0728. The van der Waals surface area contributed by atoms with E-state index in [9.17, 15) is 9.18 Å². The minimum atomic E-state index is -0.209. The van der Waals surface area contributed by atoms with E-state index in [2.05, 4.69) is 24.0 Å². The van der Waals surface area contributed by atoms with Crippen molar-refractivity contribution >= 4 is 11.6 Å². The monoisotopic (exact) mass is 356 g/mol. The van der Waals surface area contributed by atoms with Crippen molar-refractivity contribution in [3.8, 4) is 0 Å². The first-order chi connectivity index (χ1) is 12.5. The Hall–Kier alpha value is -2.40. The number of carbonyl (C=O) groups is 1. The van der Waals surface area contributed by atoms with E-state index in [4.69, 9.17) is 0 Å². The molecule has 1 atom stereocenters. The molecule has 5 heteroatoms. The van der Waals surface area contributed by atoms with E-state index in [1.54, 1.807) is 0 Å². The lowest BCUT2D eigenvalue weighted by Crippen LogP contribution is -3.15. The number of likely N-dealkylation sites (N-methyl/N-ethyl adjacent to an activating group) is 1. The number of anilines is 1. The fourth-order valence-corrected chi connectivity index (χ4v) is 3.42. The molecule has 1 aliphatic rings. The van der Waals surface area contributed by atoms with Crippen LogP contribution in [-0.2, 0) is 4.79 Å². The van der Waals surface area contributed by atoms with Crippen molar-refractivity contribution in [1.82, 2.24) is 4.90 Å². The van der Waals surface area contributed by atoms with Gasteiger partial charge in [-0.25, -0.2) is 4.39 Å². The van der Waals surface area contributed by atoms with Crippen LogP contribution in [0, 0.1) is 5.82 Å². The van der Waals surface area contributed by atoms with Crippen molar-refractivity contribution < 1.29 is 14.1 Å². The van der Waals surface area contributed by atoms with Crippen LogP contribution in [0.5, 0.6) is 0 Å². The molecular formula is C21H27FN3O+. The summed E-state index contributed by atoms with van der Waals surface area (Å²) in [7, 11) is 1.88. The van der Waals surface area contributed by atoms with Crippen molar-refractivity contribution in [2.75, 3.05) is 44.7 Å². The lowest BCUT2D eigenvalue weighted by molar-refractivity contribution is -0.892. The van der Waals surface area contributed by atoms with E-state index in [1.807, 2.05) is 42.3 Å². The highest BCUT2D eigenvalue weighted by Gasteiger charge is 2.25. The molecule has 4 nitrogen and oxygen atoms in total. The van der Waals surface area contributed by atoms with Crippen molar-refractivity contribution in [3.05, 3.63) is 66.0 Å². The molecule has 2 aromatic carbocycles. The zero-order valence-electron chi connectivity index (χ0n) is 15.5. The molecule has 0 aliphatic carbocycles. The number of amides is 1. The number of piperazine rings is 1. The van der Waals surface area contributed by atoms with Gasteiger partial charge in [0, 0.05) is 12.7 Å².